The SMILES string of the molecule is CC(C)c1ccccc1C1CN(Cc2ccc3c(c2)CCCC3)CC(=O)N1C1CC2(CCN(C(=O)OC(C)(C)C)CC2)C1. The van der Waals surface area contributed by atoms with E-state index in [0.717, 1.165) is 51.9 Å². The average Bonchev–Trinajstić information content (AvgIpc) is 2.95. The van der Waals surface area contributed by atoms with Gasteiger partial charge in [0.05, 0.1) is 12.6 Å². The van der Waals surface area contributed by atoms with Gasteiger partial charge in [-0.2, -0.15) is 0 Å². The molecule has 2 aliphatic heterocycles. The number of rotatable bonds is 5. The van der Waals surface area contributed by atoms with Gasteiger partial charge in [0.2, 0.25) is 5.91 Å². The molecule has 1 saturated carbocycles. The average molecular weight is 586 g/mol. The van der Waals surface area contributed by atoms with Crippen LogP contribution in [0.4, 0.5) is 4.79 Å². The highest BCUT2D eigenvalue weighted by molar-refractivity contribution is 5.80. The van der Waals surface area contributed by atoms with Crippen LogP contribution in [0.25, 0.3) is 0 Å². The minimum absolute atomic E-state index is 0.0571. The van der Waals surface area contributed by atoms with Crippen LogP contribution in [0.5, 0.6) is 0 Å². The number of hydrogen-bond donors (Lipinski definition) is 0. The van der Waals surface area contributed by atoms with Crippen molar-refractivity contribution in [3.63, 3.8) is 0 Å². The summed E-state index contributed by atoms with van der Waals surface area (Å²) in [7, 11) is 0. The zero-order chi connectivity index (χ0) is 30.4. The summed E-state index contributed by atoms with van der Waals surface area (Å²) in [4.78, 5) is 33.3. The normalized spacial score (nSPS) is 22.9. The molecule has 2 heterocycles. The highest BCUT2D eigenvalue weighted by Crippen LogP contribution is 2.53. The highest BCUT2D eigenvalue weighted by atomic mass is 16.6. The van der Waals surface area contributed by atoms with Crippen molar-refractivity contribution in [3.05, 3.63) is 70.3 Å². The van der Waals surface area contributed by atoms with E-state index >= 15 is 0 Å². The molecule has 6 rings (SSSR count). The summed E-state index contributed by atoms with van der Waals surface area (Å²) < 4.78 is 5.63. The molecule has 6 nitrogen and oxygen atoms in total. The number of carbonyl (C=O) groups excluding carboxylic acids is 2. The number of amides is 2. The Morgan fingerprint density at radius 3 is 2.40 bits per heavy atom. The number of piperidine rings is 1. The highest BCUT2D eigenvalue weighted by Gasteiger charge is 2.52. The van der Waals surface area contributed by atoms with Gasteiger partial charge >= 0.3 is 6.09 Å². The molecular weight excluding hydrogens is 534 g/mol. The second-order valence-electron chi connectivity index (χ2n) is 15.1. The minimum atomic E-state index is -0.475. The predicted octanol–water partition coefficient (Wildman–Crippen LogP) is 7.25. The van der Waals surface area contributed by atoms with E-state index in [1.54, 1.807) is 0 Å². The van der Waals surface area contributed by atoms with Gasteiger partial charge in [0.1, 0.15) is 5.60 Å². The van der Waals surface area contributed by atoms with E-state index in [-0.39, 0.29) is 29.5 Å². The Kier molecular flexibility index (Phi) is 8.36. The summed E-state index contributed by atoms with van der Waals surface area (Å²) in [6, 6.07) is 16.1. The van der Waals surface area contributed by atoms with Gasteiger partial charge in [-0.1, -0.05) is 56.3 Å². The first-order valence-electron chi connectivity index (χ1n) is 16.7. The van der Waals surface area contributed by atoms with Crippen LogP contribution in [0.1, 0.15) is 113 Å². The van der Waals surface area contributed by atoms with E-state index in [1.165, 1.54) is 53.5 Å². The molecule has 232 valence electrons. The summed E-state index contributed by atoms with van der Waals surface area (Å²) in [5, 5.41) is 0. The zero-order valence-electron chi connectivity index (χ0n) is 27.0. The lowest BCUT2D eigenvalue weighted by Gasteiger charge is -2.58. The zero-order valence-corrected chi connectivity index (χ0v) is 27.0. The number of fused-ring (bicyclic) bond motifs is 1. The first-order valence-corrected chi connectivity index (χ1v) is 16.7. The van der Waals surface area contributed by atoms with E-state index in [0.29, 0.717) is 12.5 Å². The van der Waals surface area contributed by atoms with Crippen LogP contribution in [0.3, 0.4) is 0 Å². The molecule has 1 spiro atoms. The molecule has 1 unspecified atom stereocenters. The third kappa shape index (κ3) is 6.50. The minimum Gasteiger partial charge on any atom is -0.444 e. The van der Waals surface area contributed by atoms with Crippen LogP contribution in [0.2, 0.25) is 0 Å². The molecular formula is C37H51N3O3. The first-order chi connectivity index (χ1) is 20.5. The maximum Gasteiger partial charge on any atom is 0.410 e. The number of likely N-dealkylation sites (tertiary alicyclic amines) is 1. The van der Waals surface area contributed by atoms with Gasteiger partial charge in [0.15, 0.2) is 0 Å². The number of benzene rings is 2. The lowest BCUT2D eigenvalue weighted by molar-refractivity contribution is -0.153. The van der Waals surface area contributed by atoms with Crippen LogP contribution < -0.4 is 0 Å². The summed E-state index contributed by atoms with van der Waals surface area (Å²) >= 11 is 0. The maximum atomic E-state index is 14.1. The molecule has 0 bridgehead atoms. The molecule has 4 aliphatic rings. The summed E-state index contributed by atoms with van der Waals surface area (Å²) in [5.74, 6) is 0.660. The molecule has 6 heteroatoms. The van der Waals surface area contributed by atoms with Crippen molar-refractivity contribution in [3.8, 4) is 0 Å². The van der Waals surface area contributed by atoms with Crippen molar-refractivity contribution >= 4 is 12.0 Å². The quantitative estimate of drug-likeness (QED) is 0.371. The van der Waals surface area contributed by atoms with Crippen LogP contribution in [0.15, 0.2) is 42.5 Å². The van der Waals surface area contributed by atoms with E-state index in [2.05, 4.69) is 66.1 Å². The van der Waals surface area contributed by atoms with E-state index in [1.807, 2.05) is 25.7 Å². The fourth-order valence-electron chi connectivity index (χ4n) is 8.19. The Labute approximate surface area is 258 Å². The molecule has 43 heavy (non-hydrogen) atoms. The number of hydrogen-bond acceptors (Lipinski definition) is 4. The number of carbonyl (C=O) groups is 2. The largest absolute Gasteiger partial charge is 0.444 e. The molecule has 1 atom stereocenters. The number of ether oxygens (including phenoxy) is 1. The van der Waals surface area contributed by atoms with Crippen molar-refractivity contribution in [2.45, 2.75) is 116 Å². The Morgan fingerprint density at radius 2 is 1.70 bits per heavy atom. The van der Waals surface area contributed by atoms with Gasteiger partial charge < -0.3 is 14.5 Å². The van der Waals surface area contributed by atoms with Gasteiger partial charge in [-0.25, -0.2) is 4.79 Å². The third-order valence-corrected chi connectivity index (χ3v) is 10.4. The number of aryl methyl sites for hydroxylation is 2. The molecule has 2 aromatic carbocycles. The second kappa shape index (κ2) is 11.9. The molecule has 2 amide bonds. The van der Waals surface area contributed by atoms with Crippen molar-refractivity contribution in [1.29, 1.82) is 0 Å². The van der Waals surface area contributed by atoms with E-state index < -0.39 is 5.60 Å². The van der Waals surface area contributed by atoms with Gasteiger partial charge in [-0.05, 0) is 111 Å². The predicted molar refractivity (Wildman–Crippen MR) is 171 cm³/mol. The molecule has 2 saturated heterocycles. The molecule has 0 radical (unpaired) electrons. The van der Waals surface area contributed by atoms with Crippen LogP contribution >= 0.6 is 0 Å². The summed E-state index contributed by atoms with van der Waals surface area (Å²) in [6.07, 6.45) is 8.80. The third-order valence-electron chi connectivity index (χ3n) is 10.4. The molecule has 0 aromatic heterocycles. The molecule has 0 N–H and O–H groups in total. The monoisotopic (exact) mass is 585 g/mol. The molecule has 3 fully saturated rings. The van der Waals surface area contributed by atoms with Crippen molar-refractivity contribution < 1.29 is 14.3 Å². The Bertz CT molecular complexity index is 1330. The first kappa shape index (κ1) is 30.2. The fourth-order valence-corrected chi connectivity index (χ4v) is 8.19. The van der Waals surface area contributed by atoms with Gasteiger partial charge in [-0.3, -0.25) is 9.69 Å². The van der Waals surface area contributed by atoms with E-state index in [9.17, 15) is 9.59 Å². The van der Waals surface area contributed by atoms with Gasteiger partial charge in [0, 0.05) is 32.2 Å². The lowest BCUT2D eigenvalue weighted by Crippen LogP contribution is -2.62. The Morgan fingerprint density at radius 1 is 1.00 bits per heavy atom. The van der Waals surface area contributed by atoms with Crippen molar-refractivity contribution in [1.82, 2.24) is 14.7 Å². The Hall–Kier alpha value is -2.86. The Balaban J connectivity index is 1.18. The standard InChI is InChI=1S/C37H51N3O3/c1-26(2)31-12-8-9-13-32(31)33-24-38(23-27-14-15-28-10-6-7-11-29(28)20-27)25-34(41)40(33)30-21-37(22-30)16-18-39(19-17-37)35(42)43-36(3,4)5/h8-9,12-15,20,26,30,33H,6-7,10-11,16-19,21-25H2,1-5H3. The topological polar surface area (TPSA) is 53.1 Å². The van der Waals surface area contributed by atoms with Crippen LogP contribution in [0, 0.1) is 5.41 Å². The van der Waals surface area contributed by atoms with Crippen molar-refractivity contribution in [2.24, 2.45) is 5.41 Å². The van der Waals surface area contributed by atoms with Gasteiger partial charge in [0.25, 0.3) is 0 Å². The number of nitrogens with zero attached hydrogens (tertiary/aromatic N) is 3. The van der Waals surface area contributed by atoms with Crippen molar-refractivity contribution in [2.75, 3.05) is 26.2 Å². The van der Waals surface area contributed by atoms with Crippen LogP contribution in [-0.4, -0.2) is 64.5 Å². The van der Waals surface area contributed by atoms with Crippen LogP contribution in [-0.2, 0) is 28.9 Å². The molecule has 2 aliphatic carbocycles. The van der Waals surface area contributed by atoms with Gasteiger partial charge in [-0.15, -0.1) is 0 Å². The van der Waals surface area contributed by atoms with E-state index in [4.69, 9.17) is 4.74 Å². The fraction of sp³-hybridized carbons (Fsp3) is 0.622. The number of piperazine rings is 1. The summed E-state index contributed by atoms with van der Waals surface area (Å²) in [6.45, 7) is 13.9. The molecule has 2 aromatic rings. The summed E-state index contributed by atoms with van der Waals surface area (Å²) in [5.41, 5.74) is 6.76. The maximum absolute atomic E-state index is 14.1. The lowest BCUT2D eigenvalue weighted by atomic mass is 9.59. The second-order valence-corrected chi connectivity index (χ2v) is 15.1. The smallest absolute Gasteiger partial charge is 0.410 e.